The van der Waals surface area contributed by atoms with Crippen LogP contribution in [-0.2, 0) is 0 Å². The summed E-state index contributed by atoms with van der Waals surface area (Å²) in [6.07, 6.45) is 6.12. The second kappa shape index (κ2) is 8.67. The van der Waals surface area contributed by atoms with E-state index in [2.05, 4.69) is 56.6 Å². The Hall–Kier alpha value is -1.55. The summed E-state index contributed by atoms with van der Waals surface area (Å²) in [6.45, 7) is 17.4. The van der Waals surface area contributed by atoms with Crippen LogP contribution in [0.2, 0.25) is 0 Å². The number of carbonyl (C=O) groups excluding carboxylic acids is 1. The first-order chi connectivity index (χ1) is 13.6. The maximum Gasteiger partial charge on any atom is 0.248 e. The Bertz CT molecular complexity index is 701. The second-order valence-corrected chi connectivity index (χ2v) is 10.9. The molecule has 0 bridgehead atoms. The third-order valence-electron chi connectivity index (χ3n) is 6.85. The van der Waals surface area contributed by atoms with Crippen LogP contribution in [0, 0.1) is 10.8 Å². The molecule has 0 radical (unpaired) electrons. The van der Waals surface area contributed by atoms with E-state index in [0.29, 0.717) is 22.3 Å². The molecule has 4 heteroatoms. The number of nitrogens with zero attached hydrogens (tertiary/aromatic N) is 2. The first-order valence-electron chi connectivity index (χ1n) is 11.5. The van der Waals surface area contributed by atoms with Crippen molar-refractivity contribution >= 4 is 11.6 Å². The fraction of sp³-hybridized carbons (Fsp3) is 0.720. The van der Waals surface area contributed by atoms with E-state index in [9.17, 15) is 4.79 Å². The van der Waals surface area contributed by atoms with Crippen LogP contribution < -0.4 is 10.6 Å². The number of nitrogens with two attached hydrogens (primary N) is 1. The number of hydrogen-bond acceptors (Lipinski definition) is 3. The summed E-state index contributed by atoms with van der Waals surface area (Å²) in [4.78, 5) is 17.0. The predicted octanol–water partition coefficient (Wildman–Crippen LogP) is 5.03. The number of rotatable bonds is 6. The zero-order chi connectivity index (χ0) is 21.2. The Balaban J connectivity index is 1.88. The highest BCUT2D eigenvalue weighted by Crippen LogP contribution is 2.53. The highest BCUT2D eigenvalue weighted by atomic mass is 16.1. The number of unbranched alkanes of at least 4 members (excludes halogenated alkanes) is 1. The summed E-state index contributed by atoms with van der Waals surface area (Å²) in [5.41, 5.74) is 9.58. The van der Waals surface area contributed by atoms with Crippen LogP contribution in [0.5, 0.6) is 0 Å². The normalized spacial score (nSPS) is 22.6. The molecule has 3 rings (SSSR count). The first-order valence-corrected chi connectivity index (χ1v) is 11.5. The van der Waals surface area contributed by atoms with Crippen LogP contribution in [-0.4, -0.2) is 43.5 Å². The van der Waals surface area contributed by atoms with Crippen molar-refractivity contribution in [3.8, 4) is 0 Å². The average Bonchev–Trinajstić information content (AvgIpc) is 2.64. The fourth-order valence-corrected chi connectivity index (χ4v) is 5.98. The molecule has 1 saturated carbocycles. The highest BCUT2D eigenvalue weighted by Gasteiger charge is 2.40. The van der Waals surface area contributed by atoms with Crippen molar-refractivity contribution in [1.82, 2.24) is 4.90 Å². The first kappa shape index (κ1) is 22.1. The van der Waals surface area contributed by atoms with Crippen molar-refractivity contribution in [2.45, 2.75) is 72.6 Å². The molecule has 29 heavy (non-hydrogen) atoms. The van der Waals surface area contributed by atoms with E-state index in [-0.39, 0.29) is 5.91 Å². The molecule has 2 fully saturated rings. The monoisotopic (exact) mass is 399 g/mol. The number of piperazine rings is 1. The third-order valence-corrected chi connectivity index (χ3v) is 6.85. The lowest BCUT2D eigenvalue weighted by atomic mass is 9.60. The van der Waals surface area contributed by atoms with Gasteiger partial charge in [-0.05, 0) is 72.7 Å². The SMILES string of the molecule is CCCCN1CCN(c2ccc(C(N)=O)cc2C2CC(C)(C)CC(C)(C)C2)CC1. The van der Waals surface area contributed by atoms with Gasteiger partial charge in [0, 0.05) is 37.4 Å². The lowest BCUT2D eigenvalue weighted by Gasteiger charge is -2.46. The smallest absolute Gasteiger partial charge is 0.248 e. The molecule has 1 aromatic rings. The Morgan fingerprint density at radius 3 is 2.24 bits per heavy atom. The average molecular weight is 400 g/mol. The zero-order valence-corrected chi connectivity index (χ0v) is 19.3. The lowest BCUT2D eigenvalue weighted by molar-refractivity contribution is 0.0968. The Morgan fingerprint density at radius 1 is 1.07 bits per heavy atom. The summed E-state index contributed by atoms with van der Waals surface area (Å²) in [7, 11) is 0. The molecular weight excluding hydrogens is 358 g/mol. The van der Waals surface area contributed by atoms with E-state index >= 15 is 0 Å². The third kappa shape index (κ3) is 5.53. The molecule has 1 aliphatic heterocycles. The van der Waals surface area contributed by atoms with Crippen molar-refractivity contribution in [3.63, 3.8) is 0 Å². The topological polar surface area (TPSA) is 49.6 Å². The van der Waals surface area contributed by atoms with E-state index in [1.165, 1.54) is 49.9 Å². The molecule has 1 amide bonds. The molecule has 2 N–H and O–H groups in total. The van der Waals surface area contributed by atoms with Gasteiger partial charge in [-0.15, -0.1) is 0 Å². The minimum Gasteiger partial charge on any atom is -0.369 e. The predicted molar refractivity (Wildman–Crippen MR) is 123 cm³/mol. The zero-order valence-electron chi connectivity index (χ0n) is 19.3. The van der Waals surface area contributed by atoms with Crippen LogP contribution in [0.1, 0.15) is 88.6 Å². The highest BCUT2D eigenvalue weighted by molar-refractivity contribution is 5.93. The molecule has 0 unspecified atom stereocenters. The van der Waals surface area contributed by atoms with Crippen molar-refractivity contribution in [3.05, 3.63) is 29.3 Å². The van der Waals surface area contributed by atoms with E-state index in [4.69, 9.17) is 5.73 Å². The molecule has 0 spiro atoms. The molecule has 1 heterocycles. The summed E-state index contributed by atoms with van der Waals surface area (Å²) in [5.74, 6) is 0.151. The minimum atomic E-state index is -0.323. The van der Waals surface area contributed by atoms with Crippen LogP contribution in [0.4, 0.5) is 5.69 Å². The number of carbonyl (C=O) groups is 1. The summed E-state index contributed by atoms with van der Waals surface area (Å²) in [6, 6.07) is 6.18. The Morgan fingerprint density at radius 2 is 1.69 bits per heavy atom. The molecule has 4 nitrogen and oxygen atoms in total. The van der Waals surface area contributed by atoms with Gasteiger partial charge >= 0.3 is 0 Å². The van der Waals surface area contributed by atoms with Crippen molar-refractivity contribution in [1.29, 1.82) is 0 Å². The standard InChI is InChI=1S/C25H41N3O/c1-6-7-10-27-11-13-28(14-12-27)22-9-8-19(23(26)29)15-21(22)20-16-24(2,3)18-25(4,5)17-20/h8-9,15,20H,6-7,10-14,16-18H2,1-5H3,(H2,26,29). The molecule has 1 aromatic carbocycles. The van der Waals surface area contributed by atoms with Gasteiger partial charge < -0.3 is 10.6 Å². The quantitative estimate of drug-likeness (QED) is 0.730. The van der Waals surface area contributed by atoms with E-state index in [0.717, 1.165) is 26.2 Å². The van der Waals surface area contributed by atoms with Gasteiger partial charge in [0.05, 0.1) is 0 Å². The minimum absolute atomic E-state index is 0.311. The summed E-state index contributed by atoms with van der Waals surface area (Å²) in [5, 5.41) is 0. The van der Waals surface area contributed by atoms with Gasteiger partial charge in [0.1, 0.15) is 0 Å². The molecule has 2 aliphatic rings. The van der Waals surface area contributed by atoms with Crippen LogP contribution in [0.3, 0.4) is 0 Å². The molecule has 0 atom stereocenters. The van der Waals surface area contributed by atoms with Crippen molar-refractivity contribution < 1.29 is 4.79 Å². The Labute approximate surface area is 177 Å². The fourth-order valence-electron chi connectivity index (χ4n) is 5.98. The maximum atomic E-state index is 11.9. The molecule has 162 valence electrons. The van der Waals surface area contributed by atoms with Gasteiger partial charge in [0.2, 0.25) is 5.91 Å². The van der Waals surface area contributed by atoms with Gasteiger partial charge in [-0.1, -0.05) is 41.0 Å². The lowest BCUT2D eigenvalue weighted by Crippen LogP contribution is -2.47. The number of hydrogen-bond donors (Lipinski definition) is 1. The van der Waals surface area contributed by atoms with Gasteiger partial charge in [0.25, 0.3) is 0 Å². The largest absolute Gasteiger partial charge is 0.369 e. The van der Waals surface area contributed by atoms with E-state index < -0.39 is 0 Å². The number of benzene rings is 1. The van der Waals surface area contributed by atoms with Crippen LogP contribution in [0.25, 0.3) is 0 Å². The molecule has 1 saturated heterocycles. The van der Waals surface area contributed by atoms with Gasteiger partial charge in [-0.2, -0.15) is 0 Å². The van der Waals surface area contributed by atoms with E-state index in [1.807, 2.05) is 6.07 Å². The van der Waals surface area contributed by atoms with E-state index in [1.54, 1.807) is 0 Å². The van der Waals surface area contributed by atoms with Gasteiger partial charge in [-0.3, -0.25) is 9.69 Å². The number of anilines is 1. The molecule has 1 aliphatic carbocycles. The van der Waals surface area contributed by atoms with Crippen LogP contribution >= 0.6 is 0 Å². The van der Waals surface area contributed by atoms with Crippen molar-refractivity contribution in [2.75, 3.05) is 37.6 Å². The second-order valence-electron chi connectivity index (χ2n) is 10.9. The molecular formula is C25H41N3O. The van der Waals surface area contributed by atoms with Gasteiger partial charge in [-0.25, -0.2) is 0 Å². The summed E-state index contributed by atoms with van der Waals surface area (Å²) < 4.78 is 0. The number of amides is 1. The Kier molecular flexibility index (Phi) is 6.62. The molecule has 0 aromatic heterocycles. The van der Waals surface area contributed by atoms with Gasteiger partial charge in [0.15, 0.2) is 0 Å². The summed E-state index contributed by atoms with van der Waals surface area (Å²) >= 11 is 0. The van der Waals surface area contributed by atoms with Crippen molar-refractivity contribution in [2.24, 2.45) is 16.6 Å². The van der Waals surface area contributed by atoms with Crippen LogP contribution in [0.15, 0.2) is 18.2 Å². The number of primary amides is 1. The maximum absolute atomic E-state index is 11.9.